The van der Waals surface area contributed by atoms with Crippen LogP contribution in [0, 0.1) is 12.7 Å². The number of hydrogen-bond donors (Lipinski definition) is 2. The minimum absolute atomic E-state index is 0.105. The Morgan fingerprint density at radius 3 is 2.55 bits per heavy atom. The summed E-state index contributed by atoms with van der Waals surface area (Å²) < 4.78 is 32.4. The maximum Gasteiger partial charge on any atom is 0.410 e. The normalized spacial score (nSPS) is 13.8. The van der Waals surface area contributed by atoms with Crippen molar-refractivity contribution < 1.29 is 23.4 Å². The predicted octanol–water partition coefficient (Wildman–Crippen LogP) is 7.95. The van der Waals surface area contributed by atoms with Crippen LogP contribution in [-0.4, -0.2) is 62.8 Å². The number of fused-ring (bicyclic) bond motifs is 1. The number of ether oxygens (including phenoxy) is 3. The van der Waals surface area contributed by atoms with Crippen molar-refractivity contribution in [1.82, 2.24) is 24.8 Å². The SMILES string of the molecule is COc1cc2ncnc(Nc3ccc(Oc4nc(-c5ccc(C)nc5)cs4)cc3F)c2cc1NC1CCN(C(=O)OC(C)(C)C)CC1. The van der Waals surface area contributed by atoms with E-state index >= 15 is 4.39 Å². The first kappa shape index (κ1) is 31.9. The van der Waals surface area contributed by atoms with Gasteiger partial charge < -0.3 is 29.7 Å². The summed E-state index contributed by atoms with van der Waals surface area (Å²) in [7, 11) is 1.60. The smallest absolute Gasteiger partial charge is 0.410 e. The van der Waals surface area contributed by atoms with E-state index in [1.54, 1.807) is 30.3 Å². The molecule has 2 N–H and O–H groups in total. The van der Waals surface area contributed by atoms with Crippen LogP contribution in [0.2, 0.25) is 0 Å². The summed E-state index contributed by atoms with van der Waals surface area (Å²) in [6, 6.07) is 12.3. The molecule has 4 heterocycles. The fourth-order valence-corrected chi connectivity index (χ4v) is 5.86. The van der Waals surface area contributed by atoms with E-state index in [2.05, 4.69) is 30.6 Å². The zero-order chi connectivity index (χ0) is 33.1. The highest BCUT2D eigenvalue weighted by molar-refractivity contribution is 7.11. The fraction of sp³-hybridized carbons (Fsp3) is 0.324. The van der Waals surface area contributed by atoms with Crippen LogP contribution in [0.5, 0.6) is 16.7 Å². The summed E-state index contributed by atoms with van der Waals surface area (Å²) in [5, 5.41) is 9.63. The van der Waals surface area contributed by atoms with Crippen molar-refractivity contribution in [3.8, 4) is 28.0 Å². The van der Waals surface area contributed by atoms with Gasteiger partial charge in [0.15, 0.2) is 0 Å². The molecule has 47 heavy (non-hydrogen) atoms. The van der Waals surface area contributed by atoms with Crippen molar-refractivity contribution in [3.05, 3.63) is 71.9 Å². The second-order valence-corrected chi connectivity index (χ2v) is 13.1. The number of hydrogen-bond acceptors (Lipinski definition) is 11. The van der Waals surface area contributed by atoms with Gasteiger partial charge in [0.2, 0.25) is 0 Å². The Labute approximate surface area is 276 Å². The summed E-state index contributed by atoms with van der Waals surface area (Å²) in [6.45, 7) is 8.66. The summed E-state index contributed by atoms with van der Waals surface area (Å²) >= 11 is 1.32. The van der Waals surface area contributed by atoms with E-state index in [0.717, 1.165) is 35.5 Å². The van der Waals surface area contributed by atoms with Crippen LogP contribution in [0.1, 0.15) is 39.3 Å². The lowest BCUT2D eigenvalue weighted by molar-refractivity contribution is 0.0210. The highest BCUT2D eigenvalue weighted by Gasteiger charge is 2.27. The van der Waals surface area contributed by atoms with Crippen molar-refractivity contribution in [1.29, 1.82) is 0 Å². The van der Waals surface area contributed by atoms with E-state index < -0.39 is 11.4 Å². The molecule has 0 unspecified atom stereocenters. The van der Waals surface area contributed by atoms with Gasteiger partial charge >= 0.3 is 6.09 Å². The number of halogens is 1. The number of aromatic nitrogens is 4. The number of carbonyl (C=O) groups excluding carboxylic acids is 1. The highest BCUT2D eigenvalue weighted by atomic mass is 32.1. The van der Waals surface area contributed by atoms with Gasteiger partial charge in [0.05, 0.1) is 29.7 Å². The van der Waals surface area contributed by atoms with Gasteiger partial charge in [-0.3, -0.25) is 4.98 Å². The monoisotopic (exact) mass is 657 g/mol. The van der Waals surface area contributed by atoms with Crippen LogP contribution in [0.4, 0.5) is 26.4 Å². The molecule has 13 heteroatoms. The van der Waals surface area contributed by atoms with Crippen LogP contribution in [0.3, 0.4) is 0 Å². The van der Waals surface area contributed by atoms with Gasteiger partial charge in [0.1, 0.15) is 35.1 Å². The Bertz CT molecular complexity index is 1890. The lowest BCUT2D eigenvalue weighted by Gasteiger charge is -2.34. The number of aryl methyl sites for hydroxylation is 1. The lowest BCUT2D eigenvalue weighted by atomic mass is 10.0. The van der Waals surface area contributed by atoms with E-state index in [1.165, 1.54) is 23.7 Å². The van der Waals surface area contributed by atoms with Crippen LogP contribution in [0.15, 0.2) is 60.4 Å². The molecular weight excluding hydrogens is 621 g/mol. The highest BCUT2D eigenvalue weighted by Crippen LogP contribution is 2.36. The molecule has 1 fully saturated rings. The van der Waals surface area contributed by atoms with Gasteiger partial charge in [-0.2, -0.15) is 0 Å². The minimum Gasteiger partial charge on any atom is -0.495 e. The number of benzene rings is 2. The largest absolute Gasteiger partial charge is 0.495 e. The molecule has 0 bridgehead atoms. The Kier molecular flexibility index (Phi) is 9.08. The Morgan fingerprint density at radius 1 is 1.04 bits per heavy atom. The zero-order valence-corrected chi connectivity index (χ0v) is 27.7. The number of amides is 1. The standard InChI is InChI=1S/C34H36FN7O4S/c1-20-6-7-21(17-36-20)29-18-47-32(41-29)45-23-8-9-26(25(35)14-23)40-31-24-15-28(30(44-5)16-27(24)37-19-38-31)39-22-10-12-42(13-11-22)33(43)46-34(2,3)4/h6-9,14-19,22,39H,10-13H2,1-5H3,(H,37,38,40). The average molecular weight is 658 g/mol. The van der Waals surface area contributed by atoms with E-state index in [0.29, 0.717) is 46.5 Å². The molecule has 1 amide bonds. The van der Waals surface area contributed by atoms with Crippen molar-refractivity contribution >= 4 is 45.5 Å². The number of thiazole rings is 1. The lowest BCUT2D eigenvalue weighted by Crippen LogP contribution is -2.44. The van der Waals surface area contributed by atoms with Crippen LogP contribution >= 0.6 is 11.3 Å². The Balaban J connectivity index is 1.15. The molecule has 0 spiro atoms. The second-order valence-electron chi connectivity index (χ2n) is 12.2. The van der Waals surface area contributed by atoms with E-state index in [-0.39, 0.29) is 17.8 Å². The maximum absolute atomic E-state index is 15.4. The number of likely N-dealkylation sites (tertiary alicyclic amines) is 1. The molecule has 6 rings (SSSR count). The van der Waals surface area contributed by atoms with E-state index in [1.807, 2.05) is 57.3 Å². The number of piperidine rings is 1. The summed E-state index contributed by atoms with van der Waals surface area (Å²) in [6.07, 6.45) is 4.36. The number of anilines is 3. The van der Waals surface area contributed by atoms with E-state index in [9.17, 15) is 4.79 Å². The van der Waals surface area contributed by atoms with Gasteiger partial charge in [0, 0.05) is 59.5 Å². The van der Waals surface area contributed by atoms with Crippen molar-refractivity contribution in [3.63, 3.8) is 0 Å². The summed E-state index contributed by atoms with van der Waals surface area (Å²) in [5.74, 6) is 0.854. The van der Waals surface area contributed by atoms with Crippen molar-refractivity contribution in [2.24, 2.45) is 0 Å². The molecule has 11 nitrogen and oxygen atoms in total. The zero-order valence-electron chi connectivity index (χ0n) is 26.8. The van der Waals surface area contributed by atoms with Crippen LogP contribution < -0.4 is 20.1 Å². The molecule has 0 atom stereocenters. The van der Waals surface area contributed by atoms with Crippen LogP contribution in [0.25, 0.3) is 22.2 Å². The molecule has 3 aromatic heterocycles. The first-order valence-electron chi connectivity index (χ1n) is 15.2. The topological polar surface area (TPSA) is 124 Å². The minimum atomic E-state index is -0.538. The Hall–Kier alpha value is -5.04. The molecule has 0 aliphatic carbocycles. The third-order valence-electron chi connectivity index (χ3n) is 7.55. The maximum atomic E-state index is 15.4. The second kappa shape index (κ2) is 13.4. The van der Waals surface area contributed by atoms with Gasteiger partial charge in [0.25, 0.3) is 5.19 Å². The van der Waals surface area contributed by atoms with Gasteiger partial charge in [-0.1, -0.05) is 11.3 Å². The molecule has 1 aliphatic heterocycles. The van der Waals surface area contributed by atoms with Gasteiger partial charge in [-0.25, -0.2) is 24.1 Å². The molecule has 0 saturated carbocycles. The van der Waals surface area contributed by atoms with Crippen molar-refractivity contribution in [2.75, 3.05) is 30.8 Å². The first-order chi connectivity index (χ1) is 22.5. The van der Waals surface area contributed by atoms with E-state index in [4.69, 9.17) is 14.2 Å². The molecule has 1 saturated heterocycles. The summed E-state index contributed by atoms with van der Waals surface area (Å²) in [4.78, 5) is 31.9. The number of nitrogens with one attached hydrogen (secondary N) is 2. The van der Waals surface area contributed by atoms with Gasteiger partial charge in [-0.05, 0) is 70.9 Å². The third kappa shape index (κ3) is 7.68. The molecule has 0 radical (unpaired) electrons. The Morgan fingerprint density at radius 2 is 1.85 bits per heavy atom. The van der Waals surface area contributed by atoms with Crippen LogP contribution in [-0.2, 0) is 4.74 Å². The van der Waals surface area contributed by atoms with Gasteiger partial charge in [-0.15, -0.1) is 0 Å². The molecule has 244 valence electrons. The number of rotatable bonds is 8. The molecule has 2 aromatic carbocycles. The third-order valence-corrected chi connectivity index (χ3v) is 8.27. The quantitative estimate of drug-likeness (QED) is 0.170. The first-order valence-corrected chi connectivity index (χ1v) is 16.1. The number of pyridine rings is 1. The molecule has 1 aliphatic rings. The molecular formula is C34H36FN7O4S. The summed E-state index contributed by atoms with van der Waals surface area (Å²) in [5.41, 5.74) is 3.61. The number of methoxy groups -OCH3 is 1. The number of nitrogens with zero attached hydrogens (tertiary/aromatic N) is 5. The average Bonchev–Trinajstić information content (AvgIpc) is 3.50. The number of carbonyl (C=O) groups is 1. The fourth-order valence-electron chi connectivity index (χ4n) is 5.16. The van der Waals surface area contributed by atoms with Crippen molar-refractivity contribution in [2.45, 2.75) is 52.2 Å². The predicted molar refractivity (Wildman–Crippen MR) is 180 cm³/mol. The molecule has 5 aromatic rings.